The van der Waals surface area contributed by atoms with Gasteiger partial charge in [0.2, 0.25) is 0 Å². The number of aromatic nitrogens is 1. The Bertz CT molecular complexity index is 1300. The molecular formula is C35H44N2O5. The number of fused-ring (bicyclic) bond motifs is 1. The van der Waals surface area contributed by atoms with Crippen LogP contribution in [0.5, 0.6) is 0 Å². The van der Waals surface area contributed by atoms with Crippen molar-refractivity contribution < 1.29 is 23.7 Å². The van der Waals surface area contributed by atoms with Crippen molar-refractivity contribution in [3.63, 3.8) is 0 Å². The van der Waals surface area contributed by atoms with Crippen molar-refractivity contribution in [1.82, 2.24) is 4.98 Å². The molecule has 0 saturated carbocycles. The first-order chi connectivity index (χ1) is 20.8. The van der Waals surface area contributed by atoms with Crippen LogP contribution >= 0.6 is 0 Å². The average molecular weight is 573 g/mol. The number of para-hydroxylation sites is 1. The molecule has 1 fully saturated rings. The van der Waals surface area contributed by atoms with Gasteiger partial charge < -0.3 is 34.4 Å². The summed E-state index contributed by atoms with van der Waals surface area (Å²) in [6, 6.07) is 28.8. The molecule has 7 nitrogen and oxygen atoms in total. The van der Waals surface area contributed by atoms with Gasteiger partial charge in [-0.1, -0.05) is 78.9 Å². The molecule has 224 valence electrons. The van der Waals surface area contributed by atoms with Crippen molar-refractivity contribution in [3.05, 3.63) is 108 Å². The zero-order valence-corrected chi connectivity index (χ0v) is 24.4. The monoisotopic (exact) mass is 572 g/mol. The van der Waals surface area contributed by atoms with Crippen LogP contribution in [0.15, 0.2) is 91.1 Å². The summed E-state index contributed by atoms with van der Waals surface area (Å²) in [7, 11) is 0. The lowest BCUT2D eigenvalue weighted by atomic mass is 10.0. The number of nitrogens with two attached hydrogens (primary N) is 1. The van der Waals surface area contributed by atoms with E-state index in [1.54, 1.807) is 0 Å². The van der Waals surface area contributed by atoms with Crippen LogP contribution in [-0.2, 0) is 43.3 Å². The topological polar surface area (TPSA) is 88.0 Å². The highest BCUT2D eigenvalue weighted by molar-refractivity contribution is 5.83. The number of H-pyrrole nitrogens is 1. The van der Waals surface area contributed by atoms with Gasteiger partial charge in [0.15, 0.2) is 6.29 Å². The molecule has 1 aliphatic rings. The number of hydrogen-bond donors (Lipinski definition) is 2. The Morgan fingerprint density at radius 3 is 2.24 bits per heavy atom. The summed E-state index contributed by atoms with van der Waals surface area (Å²) >= 11 is 0. The number of nitrogens with one attached hydrogen (secondary N) is 1. The molecule has 4 aromatic rings. The summed E-state index contributed by atoms with van der Waals surface area (Å²) in [5.41, 5.74) is 10.2. The molecule has 0 aliphatic carbocycles. The predicted molar refractivity (Wildman–Crippen MR) is 165 cm³/mol. The van der Waals surface area contributed by atoms with Crippen molar-refractivity contribution in [2.24, 2.45) is 5.73 Å². The van der Waals surface area contributed by atoms with Gasteiger partial charge in [0.25, 0.3) is 0 Å². The van der Waals surface area contributed by atoms with Crippen LogP contribution in [0, 0.1) is 0 Å². The summed E-state index contributed by atoms with van der Waals surface area (Å²) < 4.78 is 32.1. The SMILES string of the molecule is NCCCCCOC[C@@H]1C[C@H](OCc2ccccc2)[C@@H](OCc2ccccc2)[C@H](OCCc2c[nH]c3ccccc23)O1. The second-order valence-corrected chi connectivity index (χ2v) is 10.9. The lowest BCUT2D eigenvalue weighted by Crippen LogP contribution is -2.53. The first kappa shape index (κ1) is 30.4. The van der Waals surface area contributed by atoms with E-state index in [0.717, 1.165) is 42.3 Å². The number of aromatic amines is 1. The Kier molecular flexibility index (Phi) is 12.0. The molecule has 0 unspecified atom stereocenters. The molecule has 1 aromatic heterocycles. The molecular weight excluding hydrogens is 528 g/mol. The Labute approximate surface area is 249 Å². The number of ether oxygens (including phenoxy) is 5. The van der Waals surface area contributed by atoms with Crippen LogP contribution in [0.3, 0.4) is 0 Å². The Balaban J connectivity index is 1.27. The van der Waals surface area contributed by atoms with Crippen molar-refractivity contribution in [2.75, 3.05) is 26.4 Å². The van der Waals surface area contributed by atoms with Crippen molar-refractivity contribution in [3.8, 4) is 0 Å². The van der Waals surface area contributed by atoms with Crippen LogP contribution in [0.1, 0.15) is 42.4 Å². The Morgan fingerprint density at radius 1 is 0.762 bits per heavy atom. The predicted octanol–water partition coefficient (Wildman–Crippen LogP) is 6.16. The summed E-state index contributed by atoms with van der Waals surface area (Å²) in [6.45, 7) is 3.33. The van der Waals surface area contributed by atoms with Crippen LogP contribution < -0.4 is 5.73 Å². The number of hydrogen-bond acceptors (Lipinski definition) is 6. The molecule has 42 heavy (non-hydrogen) atoms. The van der Waals surface area contributed by atoms with E-state index in [1.807, 2.05) is 42.5 Å². The second-order valence-electron chi connectivity index (χ2n) is 10.9. The first-order valence-electron chi connectivity index (χ1n) is 15.2. The van der Waals surface area contributed by atoms with Crippen LogP contribution in [0.4, 0.5) is 0 Å². The van der Waals surface area contributed by atoms with Crippen LogP contribution in [0.2, 0.25) is 0 Å². The normalized spacial score (nSPS) is 20.7. The smallest absolute Gasteiger partial charge is 0.186 e. The number of unbranched alkanes of at least 4 members (excludes halogenated alkanes) is 2. The fraction of sp³-hybridized carbons (Fsp3) is 0.429. The van der Waals surface area contributed by atoms with E-state index < -0.39 is 12.4 Å². The zero-order valence-electron chi connectivity index (χ0n) is 24.4. The maximum absolute atomic E-state index is 6.54. The van der Waals surface area contributed by atoms with Gasteiger partial charge in [0.1, 0.15) is 6.10 Å². The standard InChI is InChI=1S/C35H44N2O5/c36-19-10-3-11-20-38-26-30-22-33(40-24-27-12-4-1-5-13-27)34(41-25-28-14-6-2-7-15-28)35(42-30)39-21-18-29-23-37-32-17-9-8-16-31(29)32/h1-2,4-9,12-17,23,30,33-35,37H,3,10-11,18-22,24-26,36H2/t30-,33-,34+,35+/m0/s1. The van der Waals surface area contributed by atoms with Gasteiger partial charge in [0.05, 0.1) is 38.6 Å². The molecule has 1 saturated heterocycles. The highest BCUT2D eigenvalue weighted by Gasteiger charge is 2.41. The van der Waals surface area contributed by atoms with Gasteiger partial charge in [-0.05, 0) is 55.0 Å². The van der Waals surface area contributed by atoms with Crippen molar-refractivity contribution in [2.45, 2.75) is 69.9 Å². The van der Waals surface area contributed by atoms with E-state index in [0.29, 0.717) is 46.0 Å². The van der Waals surface area contributed by atoms with E-state index in [-0.39, 0.29) is 12.2 Å². The molecule has 5 rings (SSSR count). The second kappa shape index (κ2) is 16.6. The maximum atomic E-state index is 6.54. The summed E-state index contributed by atoms with van der Waals surface area (Å²) in [6.07, 6.45) is 5.21. The van der Waals surface area contributed by atoms with Gasteiger partial charge >= 0.3 is 0 Å². The fourth-order valence-corrected chi connectivity index (χ4v) is 5.39. The van der Waals surface area contributed by atoms with Crippen molar-refractivity contribution >= 4 is 10.9 Å². The van der Waals surface area contributed by atoms with E-state index in [4.69, 9.17) is 29.4 Å². The molecule has 7 heteroatoms. The number of rotatable bonds is 17. The third-order valence-corrected chi connectivity index (χ3v) is 7.67. The van der Waals surface area contributed by atoms with Gasteiger partial charge in [-0.2, -0.15) is 0 Å². The molecule has 0 radical (unpaired) electrons. The van der Waals surface area contributed by atoms with Gasteiger partial charge in [0, 0.05) is 30.1 Å². The highest BCUT2D eigenvalue weighted by Crippen LogP contribution is 2.29. The number of benzene rings is 3. The van der Waals surface area contributed by atoms with Crippen LogP contribution in [-0.4, -0.2) is 56.0 Å². The Morgan fingerprint density at radius 2 is 1.48 bits per heavy atom. The summed E-state index contributed by atoms with van der Waals surface area (Å²) in [4.78, 5) is 3.36. The largest absolute Gasteiger partial charge is 0.379 e. The molecule has 3 aromatic carbocycles. The molecule has 1 aliphatic heterocycles. The van der Waals surface area contributed by atoms with Gasteiger partial charge in [-0.3, -0.25) is 0 Å². The van der Waals surface area contributed by atoms with E-state index in [2.05, 4.69) is 53.6 Å². The summed E-state index contributed by atoms with van der Waals surface area (Å²) in [5, 5.41) is 1.22. The molecule has 0 bridgehead atoms. The minimum Gasteiger partial charge on any atom is -0.379 e. The van der Waals surface area contributed by atoms with Crippen molar-refractivity contribution in [1.29, 1.82) is 0 Å². The molecule has 2 heterocycles. The molecule has 0 amide bonds. The molecule has 0 spiro atoms. The zero-order chi connectivity index (χ0) is 28.8. The van der Waals surface area contributed by atoms with E-state index in [1.165, 1.54) is 10.9 Å². The first-order valence-corrected chi connectivity index (χ1v) is 15.2. The quantitative estimate of drug-likeness (QED) is 0.147. The van der Waals surface area contributed by atoms with Crippen LogP contribution in [0.25, 0.3) is 10.9 Å². The Hall–Kier alpha value is -3.04. The average Bonchev–Trinajstić information content (AvgIpc) is 3.45. The minimum atomic E-state index is -0.584. The maximum Gasteiger partial charge on any atom is 0.186 e. The third kappa shape index (κ3) is 8.98. The lowest BCUT2D eigenvalue weighted by Gasteiger charge is -2.41. The van der Waals surface area contributed by atoms with Gasteiger partial charge in [-0.25, -0.2) is 0 Å². The van der Waals surface area contributed by atoms with E-state index in [9.17, 15) is 0 Å². The van der Waals surface area contributed by atoms with Gasteiger partial charge in [-0.15, -0.1) is 0 Å². The summed E-state index contributed by atoms with van der Waals surface area (Å²) in [5.74, 6) is 0. The molecule has 3 N–H and O–H groups in total. The molecule has 4 atom stereocenters. The highest BCUT2D eigenvalue weighted by atomic mass is 16.7. The third-order valence-electron chi connectivity index (χ3n) is 7.67. The lowest BCUT2D eigenvalue weighted by molar-refractivity contribution is -0.292. The minimum absolute atomic E-state index is 0.157. The fourth-order valence-electron chi connectivity index (χ4n) is 5.39. The van der Waals surface area contributed by atoms with E-state index >= 15 is 0 Å².